The minimum atomic E-state index is -0.467. The molecule has 0 aliphatic carbocycles. The Kier molecular flexibility index (Phi) is 5.74. The summed E-state index contributed by atoms with van der Waals surface area (Å²) in [5, 5.41) is 5.81. The summed E-state index contributed by atoms with van der Waals surface area (Å²) in [5.74, 6) is 0.239. The van der Waals surface area contributed by atoms with Crippen molar-refractivity contribution in [3.05, 3.63) is 94.5 Å². The minimum absolute atomic E-state index is 0.0539. The smallest absolute Gasteiger partial charge is 0.272 e. The Morgan fingerprint density at radius 3 is 2.44 bits per heavy atom. The molecule has 0 saturated heterocycles. The molecular weight excluding hydrogens is 364 g/mol. The number of anilines is 1. The van der Waals surface area contributed by atoms with E-state index in [0.717, 1.165) is 0 Å². The van der Waals surface area contributed by atoms with Crippen LogP contribution in [0, 0.1) is 6.92 Å². The van der Waals surface area contributed by atoms with Crippen molar-refractivity contribution in [2.24, 2.45) is 0 Å². The maximum Gasteiger partial charge on any atom is 0.272 e. The summed E-state index contributed by atoms with van der Waals surface area (Å²) in [6, 6.07) is 18.9. The number of carbonyl (C=O) groups is 2. The molecule has 0 saturated carbocycles. The van der Waals surface area contributed by atoms with Crippen molar-refractivity contribution in [2.45, 2.75) is 6.92 Å². The van der Waals surface area contributed by atoms with Gasteiger partial charge in [0.1, 0.15) is 17.2 Å². The molecule has 0 bridgehead atoms. The van der Waals surface area contributed by atoms with E-state index in [1.807, 2.05) is 6.07 Å². The highest BCUT2D eigenvalue weighted by Crippen LogP contribution is 2.14. The van der Waals surface area contributed by atoms with Gasteiger partial charge in [0.2, 0.25) is 0 Å². The van der Waals surface area contributed by atoms with Gasteiger partial charge in [-0.05, 0) is 49.4 Å². The van der Waals surface area contributed by atoms with Crippen LogP contribution in [-0.4, -0.2) is 11.8 Å². The van der Waals surface area contributed by atoms with E-state index in [-0.39, 0.29) is 5.70 Å². The van der Waals surface area contributed by atoms with Crippen LogP contribution in [0.25, 0.3) is 6.08 Å². The summed E-state index contributed by atoms with van der Waals surface area (Å²) < 4.78 is 5.49. The van der Waals surface area contributed by atoms with Crippen molar-refractivity contribution in [2.75, 3.05) is 5.32 Å². The Morgan fingerprint density at radius 2 is 1.78 bits per heavy atom. The second-order valence-electron chi connectivity index (χ2n) is 5.79. The van der Waals surface area contributed by atoms with Crippen molar-refractivity contribution in [1.29, 1.82) is 0 Å². The van der Waals surface area contributed by atoms with E-state index in [1.165, 1.54) is 12.1 Å². The van der Waals surface area contributed by atoms with Crippen molar-refractivity contribution in [3.8, 4) is 0 Å². The van der Waals surface area contributed by atoms with E-state index < -0.39 is 11.8 Å². The first-order valence-corrected chi connectivity index (χ1v) is 8.60. The van der Waals surface area contributed by atoms with Gasteiger partial charge < -0.3 is 15.1 Å². The summed E-state index contributed by atoms with van der Waals surface area (Å²) in [4.78, 5) is 25.2. The quantitative estimate of drug-likeness (QED) is 0.633. The van der Waals surface area contributed by atoms with Crippen molar-refractivity contribution in [3.63, 3.8) is 0 Å². The summed E-state index contributed by atoms with van der Waals surface area (Å²) in [7, 11) is 0. The van der Waals surface area contributed by atoms with Crippen LogP contribution in [0.5, 0.6) is 0 Å². The number of hydrogen-bond acceptors (Lipinski definition) is 3. The molecule has 6 heteroatoms. The first-order valence-electron chi connectivity index (χ1n) is 8.23. The maximum absolute atomic E-state index is 12.7. The fourth-order valence-electron chi connectivity index (χ4n) is 2.38. The molecule has 0 aliphatic heterocycles. The van der Waals surface area contributed by atoms with Crippen LogP contribution in [0.1, 0.15) is 21.9 Å². The second-order valence-corrected chi connectivity index (χ2v) is 6.23. The van der Waals surface area contributed by atoms with Gasteiger partial charge >= 0.3 is 0 Å². The van der Waals surface area contributed by atoms with Crippen LogP contribution in [0.2, 0.25) is 5.02 Å². The van der Waals surface area contributed by atoms with Crippen LogP contribution in [-0.2, 0) is 4.79 Å². The van der Waals surface area contributed by atoms with Crippen LogP contribution >= 0.6 is 11.6 Å². The molecule has 0 unspecified atom stereocenters. The number of aryl methyl sites for hydroxylation is 1. The van der Waals surface area contributed by atoms with Gasteiger partial charge in [0.25, 0.3) is 11.8 Å². The lowest BCUT2D eigenvalue weighted by Gasteiger charge is -2.11. The van der Waals surface area contributed by atoms with Gasteiger partial charge in [-0.15, -0.1) is 0 Å². The van der Waals surface area contributed by atoms with Gasteiger partial charge in [0, 0.05) is 22.3 Å². The zero-order chi connectivity index (χ0) is 19.2. The third-order valence-corrected chi connectivity index (χ3v) is 3.89. The first-order chi connectivity index (χ1) is 13.0. The molecule has 0 spiro atoms. The fourth-order valence-corrected chi connectivity index (χ4v) is 2.57. The second kappa shape index (κ2) is 8.38. The number of para-hydroxylation sites is 1. The summed E-state index contributed by atoms with van der Waals surface area (Å²) in [5.41, 5.74) is 1.01. The van der Waals surface area contributed by atoms with E-state index in [0.29, 0.717) is 27.8 Å². The standard InChI is InChI=1S/C21H17ClN2O3/c1-14-10-11-18(27-14)13-19(21(26)23-17-8-3-2-4-9-17)24-20(25)15-6-5-7-16(22)12-15/h2-13H,1H3,(H,23,26)(H,24,25)/b19-13-. The molecule has 0 fully saturated rings. The lowest BCUT2D eigenvalue weighted by Crippen LogP contribution is -2.30. The van der Waals surface area contributed by atoms with Crippen LogP contribution in [0.4, 0.5) is 5.69 Å². The van der Waals surface area contributed by atoms with Crippen LogP contribution in [0.15, 0.2) is 76.8 Å². The van der Waals surface area contributed by atoms with E-state index in [4.69, 9.17) is 16.0 Å². The minimum Gasteiger partial charge on any atom is -0.462 e. The predicted octanol–water partition coefficient (Wildman–Crippen LogP) is 4.65. The van der Waals surface area contributed by atoms with Gasteiger partial charge in [0.05, 0.1) is 0 Å². The number of furan rings is 1. The zero-order valence-corrected chi connectivity index (χ0v) is 15.3. The molecule has 2 aromatic carbocycles. The Labute approximate surface area is 161 Å². The zero-order valence-electron chi connectivity index (χ0n) is 14.5. The lowest BCUT2D eigenvalue weighted by molar-refractivity contribution is -0.113. The van der Waals surface area contributed by atoms with Gasteiger partial charge in [-0.25, -0.2) is 0 Å². The number of carbonyl (C=O) groups excluding carboxylic acids is 2. The monoisotopic (exact) mass is 380 g/mol. The summed E-state index contributed by atoms with van der Waals surface area (Å²) in [6.45, 7) is 1.80. The largest absolute Gasteiger partial charge is 0.462 e. The molecule has 1 heterocycles. The number of benzene rings is 2. The highest BCUT2D eigenvalue weighted by atomic mass is 35.5. The maximum atomic E-state index is 12.7. The normalized spacial score (nSPS) is 11.1. The number of halogens is 1. The molecule has 0 aliphatic rings. The molecule has 2 N–H and O–H groups in total. The Morgan fingerprint density at radius 1 is 1.00 bits per heavy atom. The van der Waals surface area contributed by atoms with Crippen molar-refractivity contribution >= 4 is 35.2 Å². The molecule has 27 heavy (non-hydrogen) atoms. The first kappa shape index (κ1) is 18.5. The van der Waals surface area contributed by atoms with Crippen LogP contribution < -0.4 is 10.6 Å². The predicted molar refractivity (Wildman–Crippen MR) is 105 cm³/mol. The van der Waals surface area contributed by atoms with Gasteiger partial charge in [-0.3, -0.25) is 9.59 Å². The number of amides is 2. The molecule has 136 valence electrons. The van der Waals surface area contributed by atoms with Crippen LogP contribution in [0.3, 0.4) is 0 Å². The number of nitrogens with one attached hydrogen (secondary N) is 2. The van der Waals surface area contributed by atoms with E-state index >= 15 is 0 Å². The van der Waals surface area contributed by atoms with Crippen molar-refractivity contribution < 1.29 is 14.0 Å². The Balaban J connectivity index is 1.86. The van der Waals surface area contributed by atoms with Gasteiger partial charge in [0.15, 0.2) is 0 Å². The molecule has 0 radical (unpaired) electrons. The molecule has 2 amide bonds. The molecule has 1 aromatic heterocycles. The molecular formula is C21H17ClN2O3. The molecule has 3 rings (SSSR count). The topological polar surface area (TPSA) is 71.3 Å². The Hall–Kier alpha value is -3.31. The van der Waals surface area contributed by atoms with Gasteiger partial charge in [-0.1, -0.05) is 35.9 Å². The van der Waals surface area contributed by atoms with E-state index in [9.17, 15) is 9.59 Å². The Bertz CT molecular complexity index is 993. The third-order valence-electron chi connectivity index (χ3n) is 3.66. The fraction of sp³-hybridized carbons (Fsp3) is 0.0476. The van der Waals surface area contributed by atoms with Crippen molar-refractivity contribution in [1.82, 2.24) is 5.32 Å². The molecule has 3 aromatic rings. The average Bonchev–Trinajstić information content (AvgIpc) is 3.06. The molecule has 0 atom stereocenters. The lowest BCUT2D eigenvalue weighted by atomic mass is 10.2. The van der Waals surface area contributed by atoms with E-state index in [2.05, 4.69) is 10.6 Å². The number of rotatable bonds is 5. The van der Waals surface area contributed by atoms with E-state index in [1.54, 1.807) is 61.5 Å². The summed E-state index contributed by atoms with van der Waals surface area (Å²) >= 11 is 5.94. The third kappa shape index (κ3) is 5.09. The highest BCUT2D eigenvalue weighted by molar-refractivity contribution is 6.31. The number of hydrogen-bond donors (Lipinski definition) is 2. The summed E-state index contributed by atoms with van der Waals surface area (Å²) in [6.07, 6.45) is 1.48. The highest BCUT2D eigenvalue weighted by Gasteiger charge is 2.16. The van der Waals surface area contributed by atoms with Gasteiger partial charge in [-0.2, -0.15) is 0 Å². The SMILES string of the molecule is Cc1ccc(/C=C(\NC(=O)c2cccc(Cl)c2)C(=O)Nc2ccccc2)o1. The average molecular weight is 381 g/mol. The molecule has 5 nitrogen and oxygen atoms in total.